The molecule has 1 rings (SSSR count). The Balaban J connectivity index is 2.36. The van der Waals surface area contributed by atoms with Gasteiger partial charge in [0.15, 0.2) is 0 Å². The number of nitrogens with one attached hydrogen (secondary N) is 1. The molecule has 0 aliphatic heterocycles. The molecule has 92 valence electrons. The highest BCUT2D eigenvalue weighted by molar-refractivity contribution is 5.80. The van der Waals surface area contributed by atoms with E-state index in [1.807, 2.05) is 6.92 Å². The molecule has 1 unspecified atom stereocenters. The van der Waals surface area contributed by atoms with Crippen LogP contribution in [0.2, 0.25) is 0 Å². The Kier molecular flexibility index (Phi) is 5.53. The minimum atomic E-state index is -0.358. The second-order valence-corrected chi connectivity index (χ2v) is 4.75. The summed E-state index contributed by atoms with van der Waals surface area (Å²) in [5.74, 6) is 0.610. The zero-order chi connectivity index (χ0) is 12.0. The van der Waals surface area contributed by atoms with E-state index in [0.717, 1.165) is 5.57 Å². The molecule has 3 nitrogen and oxygen atoms in total. The molecule has 1 N–H and O–H groups in total. The molecule has 0 aromatic rings. The van der Waals surface area contributed by atoms with Gasteiger partial charge in [-0.3, -0.25) is 4.79 Å². The van der Waals surface area contributed by atoms with Crippen molar-refractivity contribution in [2.45, 2.75) is 45.1 Å². The molecule has 0 aromatic carbocycles. The van der Waals surface area contributed by atoms with Gasteiger partial charge < -0.3 is 10.1 Å². The molecule has 0 heterocycles. The second-order valence-electron chi connectivity index (χ2n) is 4.75. The summed E-state index contributed by atoms with van der Waals surface area (Å²) in [4.78, 5) is 11.6. The highest BCUT2D eigenvalue weighted by Crippen LogP contribution is 2.25. The molecule has 1 amide bonds. The highest BCUT2D eigenvalue weighted by Gasteiger charge is 2.21. The van der Waals surface area contributed by atoms with Crippen molar-refractivity contribution in [3.63, 3.8) is 0 Å². The zero-order valence-electron chi connectivity index (χ0n) is 10.4. The van der Waals surface area contributed by atoms with Gasteiger partial charge in [-0.1, -0.05) is 18.4 Å². The van der Waals surface area contributed by atoms with Gasteiger partial charge in [-0.2, -0.15) is 0 Å². The molecule has 0 bridgehead atoms. The van der Waals surface area contributed by atoms with Crippen LogP contribution >= 0.6 is 0 Å². The molecule has 1 aliphatic carbocycles. The number of ether oxygens (including phenoxy) is 1. The van der Waals surface area contributed by atoms with Gasteiger partial charge in [-0.25, -0.2) is 0 Å². The van der Waals surface area contributed by atoms with Gasteiger partial charge in [0.1, 0.15) is 6.10 Å². The van der Waals surface area contributed by atoms with Crippen LogP contribution in [-0.4, -0.2) is 25.7 Å². The summed E-state index contributed by atoms with van der Waals surface area (Å²) in [7, 11) is 1.65. The van der Waals surface area contributed by atoms with Gasteiger partial charge in [0.25, 0.3) is 0 Å². The Hall–Kier alpha value is -0.830. The monoisotopic (exact) mass is 225 g/mol. The van der Waals surface area contributed by atoms with E-state index < -0.39 is 0 Å². The van der Waals surface area contributed by atoms with Gasteiger partial charge in [-0.15, -0.1) is 6.58 Å². The fourth-order valence-electron chi connectivity index (χ4n) is 2.13. The summed E-state index contributed by atoms with van der Waals surface area (Å²) in [5.41, 5.74) is 0.986. The first kappa shape index (κ1) is 13.2. The van der Waals surface area contributed by atoms with Crippen molar-refractivity contribution in [3.8, 4) is 0 Å². The number of likely N-dealkylation sites (N-methyl/N-ethyl adjacent to an activating group) is 1. The van der Waals surface area contributed by atoms with Crippen molar-refractivity contribution < 1.29 is 9.53 Å². The van der Waals surface area contributed by atoms with Crippen LogP contribution in [-0.2, 0) is 9.53 Å². The van der Waals surface area contributed by atoms with Crippen LogP contribution in [0.25, 0.3) is 0 Å². The number of hydrogen-bond acceptors (Lipinski definition) is 2. The lowest BCUT2D eigenvalue weighted by molar-refractivity contribution is -0.133. The zero-order valence-corrected chi connectivity index (χ0v) is 10.4. The van der Waals surface area contributed by atoms with Gasteiger partial charge >= 0.3 is 0 Å². The normalized spacial score (nSPS) is 18.4. The van der Waals surface area contributed by atoms with E-state index in [2.05, 4.69) is 11.9 Å². The highest BCUT2D eigenvalue weighted by atomic mass is 16.5. The molecule has 1 saturated carbocycles. The van der Waals surface area contributed by atoms with Crippen molar-refractivity contribution in [2.75, 3.05) is 13.7 Å². The maximum atomic E-state index is 11.6. The van der Waals surface area contributed by atoms with Crippen molar-refractivity contribution in [2.24, 2.45) is 5.92 Å². The third-order valence-electron chi connectivity index (χ3n) is 3.08. The third-order valence-corrected chi connectivity index (χ3v) is 3.08. The van der Waals surface area contributed by atoms with Crippen molar-refractivity contribution in [1.82, 2.24) is 5.32 Å². The Morgan fingerprint density at radius 2 is 2.12 bits per heavy atom. The fourth-order valence-corrected chi connectivity index (χ4v) is 2.13. The number of amides is 1. The predicted molar refractivity (Wildman–Crippen MR) is 65.2 cm³/mol. The van der Waals surface area contributed by atoms with Gasteiger partial charge in [-0.05, 0) is 25.7 Å². The number of hydrogen-bond donors (Lipinski definition) is 1. The Labute approximate surface area is 98.2 Å². The van der Waals surface area contributed by atoms with E-state index >= 15 is 0 Å². The van der Waals surface area contributed by atoms with E-state index in [9.17, 15) is 4.79 Å². The van der Waals surface area contributed by atoms with E-state index in [1.54, 1.807) is 7.05 Å². The van der Waals surface area contributed by atoms with Crippen molar-refractivity contribution in [1.29, 1.82) is 0 Å². The average Bonchev–Trinajstić information content (AvgIpc) is 2.75. The maximum absolute atomic E-state index is 11.6. The van der Waals surface area contributed by atoms with Crippen molar-refractivity contribution >= 4 is 5.91 Å². The standard InChI is InChI=1S/C13H23NO2/c1-10(2)8-12(13(15)14-3)16-9-11-6-4-5-7-11/h11-12H,1,4-9H2,2-3H3,(H,14,15). The molecular formula is C13H23NO2. The maximum Gasteiger partial charge on any atom is 0.249 e. The summed E-state index contributed by atoms with van der Waals surface area (Å²) >= 11 is 0. The minimum absolute atomic E-state index is 0.0407. The number of carbonyl (C=O) groups is 1. The molecule has 3 heteroatoms. The second kappa shape index (κ2) is 6.69. The van der Waals surface area contributed by atoms with Gasteiger partial charge in [0, 0.05) is 13.5 Å². The van der Waals surface area contributed by atoms with Crippen LogP contribution < -0.4 is 5.32 Å². The van der Waals surface area contributed by atoms with Crippen LogP contribution in [0.5, 0.6) is 0 Å². The average molecular weight is 225 g/mol. The lowest BCUT2D eigenvalue weighted by Crippen LogP contribution is -2.35. The van der Waals surface area contributed by atoms with Crippen LogP contribution in [0.3, 0.4) is 0 Å². The molecule has 0 saturated heterocycles. The van der Waals surface area contributed by atoms with Crippen LogP contribution in [0.4, 0.5) is 0 Å². The van der Waals surface area contributed by atoms with E-state index in [4.69, 9.17) is 4.74 Å². The SMILES string of the molecule is C=C(C)CC(OCC1CCCC1)C(=O)NC. The summed E-state index contributed by atoms with van der Waals surface area (Å²) in [6, 6.07) is 0. The molecule has 0 spiro atoms. The van der Waals surface area contributed by atoms with Crippen LogP contribution in [0, 0.1) is 5.92 Å². The lowest BCUT2D eigenvalue weighted by Gasteiger charge is -2.18. The number of rotatable bonds is 6. The predicted octanol–water partition coefficient (Wildman–Crippen LogP) is 2.27. The Bertz CT molecular complexity index is 244. The molecule has 0 aromatic heterocycles. The van der Waals surface area contributed by atoms with Gasteiger partial charge in [0.05, 0.1) is 6.61 Å². The fraction of sp³-hybridized carbons (Fsp3) is 0.769. The Morgan fingerprint density at radius 3 is 2.62 bits per heavy atom. The smallest absolute Gasteiger partial charge is 0.249 e. The Morgan fingerprint density at radius 1 is 1.50 bits per heavy atom. The molecule has 0 radical (unpaired) electrons. The largest absolute Gasteiger partial charge is 0.368 e. The van der Waals surface area contributed by atoms with Crippen LogP contribution in [0.1, 0.15) is 39.0 Å². The molecule has 1 fully saturated rings. The minimum Gasteiger partial charge on any atom is -0.368 e. The van der Waals surface area contributed by atoms with Crippen molar-refractivity contribution in [3.05, 3.63) is 12.2 Å². The molecular weight excluding hydrogens is 202 g/mol. The van der Waals surface area contributed by atoms with E-state index in [0.29, 0.717) is 18.9 Å². The summed E-state index contributed by atoms with van der Waals surface area (Å²) in [6.45, 7) is 6.47. The summed E-state index contributed by atoms with van der Waals surface area (Å²) < 4.78 is 5.72. The lowest BCUT2D eigenvalue weighted by atomic mass is 10.1. The molecule has 16 heavy (non-hydrogen) atoms. The summed E-state index contributed by atoms with van der Waals surface area (Å²) in [5, 5.41) is 2.64. The third kappa shape index (κ3) is 4.35. The first-order chi connectivity index (χ1) is 7.63. The first-order valence-corrected chi connectivity index (χ1v) is 6.11. The van der Waals surface area contributed by atoms with E-state index in [1.165, 1.54) is 25.7 Å². The molecule has 1 aliphatic rings. The topological polar surface area (TPSA) is 38.3 Å². The number of carbonyl (C=O) groups excluding carboxylic acids is 1. The quantitative estimate of drug-likeness (QED) is 0.704. The van der Waals surface area contributed by atoms with Crippen LogP contribution in [0.15, 0.2) is 12.2 Å². The summed E-state index contributed by atoms with van der Waals surface area (Å²) in [6.07, 6.45) is 5.36. The first-order valence-electron chi connectivity index (χ1n) is 6.11. The van der Waals surface area contributed by atoms with E-state index in [-0.39, 0.29) is 12.0 Å². The van der Waals surface area contributed by atoms with Gasteiger partial charge in [0.2, 0.25) is 5.91 Å². The molecule has 1 atom stereocenters.